The van der Waals surface area contributed by atoms with E-state index in [-0.39, 0.29) is 11.3 Å². The summed E-state index contributed by atoms with van der Waals surface area (Å²) in [6.45, 7) is 3.36. The Bertz CT molecular complexity index is 854. The number of rotatable bonds is 5. The van der Waals surface area contributed by atoms with Crippen molar-refractivity contribution in [3.05, 3.63) is 39.5 Å². The average Bonchev–Trinajstić information content (AvgIpc) is 2.66. The van der Waals surface area contributed by atoms with Gasteiger partial charge in [0.05, 0.1) is 24.2 Å². The molecule has 0 aliphatic carbocycles. The molecular formula is C19H25N3O4. The molecule has 2 aromatic rings. The third-order valence-electron chi connectivity index (χ3n) is 4.56. The molecule has 0 radical (unpaired) electrons. The van der Waals surface area contributed by atoms with Crippen LogP contribution in [0.2, 0.25) is 0 Å². The number of fused-ring (bicyclic) bond motifs is 1. The molecule has 0 unspecified atom stereocenters. The fourth-order valence-corrected chi connectivity index (χ4v) is 3.09. The summed E-state index contributed by atoms with van der Waals surface area (Å²) in [5, 5.41) is 3.02. The first-order chi connectivity index (χ1) is 12.5. The minimum Gasteiger partial charge on any atom is -0.440 e. The van der Waals surface area contributed by atoms with E-state index >= 15 is 0 Å². The molecule has 2 heterocycles. The van der Waals surface area contributed by atoms with Crippen molar-refractivity contribution in [2.24, 2.45) is 0 Å². The summed E-state index contributed by atoms with van der Waals surface area (Å²) in [6.07, 6.45) is 0.585. The fourth-order valence-electron chi connectivity index (χ4n) is 3.09. The first-order valence-corrected chi connectivity index (χ1v) is 8.80. The molecule has 1 amide bonds. The van der Waals surface area contributed by atoms with Gasteiger partial charge in [-0.1, -0.05) is 0 Å². The predicted octanol–water partition coefficient (Wildman–Crippen LogP) is 1.09. The number of likely N-dealkylation sites (N-methyl/N-ethyl adjacent to an activating group) is 1. The van der Waals surface area contributed by atoms with Crippen molar-refractivity contribution >= 4 is 22.8 Å². The van der Waals surface area contributed by atoms with Crippen molar-refractivity contribution in [1.82, 2.24) is 10.2 Å². The van der Waals surface area contributed by atoms with Gasteiger partial charge in [-0.25, -0.2) is 0 Å². The van der Waals surface area contributed by atoms with Crippen molar-refractivity contribution < 1.29 is 13.9 Å². The number of ether oxygens (including phenoxy) is 1. The summed E-state index contributed by atoms with van der Waals surface area (Å²) in [4.78, 5) is 29.2. The van der Waals surface area contributed by atoms with Crippen LogP contribution in [0, 0.1) is 0 Å². The summed E-state index contributed by atoms with van der Waals surface area (Å²) >= 11 is 0. The van der Waals surface area contributed by atoms with Gasteiger partial charge in [-0.2, -0.15) is 0 Å². The van der Waals surface area contributed by atoms with E-state index in [2.05, 4.69) is 10.2 Å². The second-order valence-electron chi connectivity index (χ2n) is 6.66. The number of hydrogen-bond donors (Lipinski definition) is 1. The molecular weight excluding hydrogens is 334 g/mol. The van der Waals surface area contributed by atoms with Gasteiger partial charge in [-0.15, -0.1) is 0 Å². The van der Waals surface area contributed by atoms with Gasteiger partial charge in [0.1, 0.15) is 5.58 Å². The van der Waals surface area contributed by atoms with Crippen LogP contribution in [0.4, 0.5) is 5.88 Å². The van der Waals surface area contributed by atoms with Gasteiger partial charge in [-0.05, 0) is 38.7 Å². The quantitative estimate of drug-likeness (QED) is 0.862. The third-order valence-corrected chi connectivity index (χ3v) is 4.56. The molecule has 140 valence electrons. The third kappa shape index (κ3) is 3.73. The van der Waals surface area contributed by atoms with Crippen LogP contribution in [0.5, 0.6) is 0 Å². The zero-order chi connectivity index (χ0) is 18.7. The van der Waals surface area contributed by atoms with Crippen LogP contribution < -0.4 is 15.6 Å². The number of nitrogens with zero attached hydrogens (tertiary/aromatic N) is 2. The number of carbonyl (C=O) groups is 1. The number of amides is 1. The smallest absolute Gasteiger partial charge is 0.251 e. The molecule has 0 atom stereocenters. The number of benzene rings is 1. The van der Waals surface area contributed by atoms with Crippen LogP contribution in [0.3, 0.4) is 0 Å². The topological polar surface area (TPSA) is 75.0 Å². The molecule has 0 saturated carbocycles. The number of nitrogens with one attached hydrogen (secondary N) is 1. The van der Waals surface area contributed by atoms with Crippen molar-refractivity contribution in [1.29, 1.82) is 0 Å². The second-order valence-corrected chi connectivity index (χ2v) is 6.66. The lowest BCUT2D eigenvalue weighted by atomic mass is 10.1. The maximum absolute atomic E-state index is 13.2. The molecule has 1 aliphatic rings. The van der Waals surface area contributed by atoms with E-state index in [4.69, 9.17) is 9.15 Å². The number of hydrogen-bond acceptors (Lipinski definition) is 6. The van der Waals surface area contributed by atoms with Gasteiger partial charge in [0.15, 0.2) is 5.43 Å². The molecule has 1 saturated heterocycles. The van der Waals surface area contributed by atoms with Crippen LogP contribution in [0.15, 0.2) is 27.4 Å². The van der Waals surface area contributed by atoms with Gasteiger partial charge < -0.3 is 24.3 Å². The summed E-state index contributed by atoms with van der Waals surface area (Å²) in [5.41, 5.74) is 1.53. The van der Waals surface area contributed by atoms with Gasteiger partial charge in [0.2, 0.25) is 5.88 Å². The minimum absolute atomic E-state index is 0.0691. The lowest BCUT2D eigenvalue weighted by Gasteiger charge is -2.29. The minimum atomic E-state index is -0.224. The van der Waals surface area contributed by atoms with Gasteiger partial charge in [0, 0.05) is 32.2 Å². The molecule has 1 aromatic carbocycles. The molecule has 26 heavy (non-hydrogen) atoms. The van der Waals surface area contributed by atoms with E-state index in [0.717, 1.165) is 6.54 Å². The largest absolute Gasteiger partial charge is 0.440 e. The Hall–Kier alpha value is -2.38. The molecule has 1 aliphatic heterocycles. The molecule has 1 N–H and O–H groups in total. The van der Waals surface area contributed by atoms with Gasteiger partial charge in [-0.3, -0.25) is 9.59 Å². The molecule has 1 fully saturated rings. The van der Waals surface area contributed by atoms with Crippen LogP contribution >= 0.6 is 0 Å². The van der Waals surface area contributed by atoms with E-state index < -0.39 is 0 Å². The Labute approximate surface area is 152 Å². The van der Waals surface area contributed by atoms with Crippen LogP contribution in [-0.2, 0) is 11.2 Å². The molecule has 3 rings (SSSR count). The number of carbonyl (C=O) groups excluding carboxylic acids is 1. The van der Waals surface area contributed by atoms with Crippen molar-refractivity contribution in [2.75, 3.05) is 58.9 Å². The second kappa shape index (κ2) is 7.88. The highest BCUT2D eigenvalue weighted by Crippen LogP contribution is 2.26. The summed E-state index contributed by atoms with van der Waals surface area (Å²) in [6, 6.07) is 4.98. The first kappa shape index (κ1) is 18.4. The standard InChI is InChI=1S/C19H25N3O4/c1-20-18(24)13-4-5-16-15(12-13)17(23)14(6-7-21(2)3)19(26-16)22-8-10-25-11-9-22/h4-5,12H,6-11H2,1-3H3,(H,20,24). The van der Waals surface area contributed by atoms with Crippen molar-refractivity contribution in [2.45, 2.75) is 6.42 Å². The van der Waals surface area contributed by atoms with Gasteiger partial charge >= 0.3 is 0 Å². The van der Waals surface area contributed by atoms with Crippen molar-refractivity contribution in [3.63, 3.8) is 0 Å². The summed E-state index contributed by atoms with van der Waals surface area (Å²) in [7, 11) is 5.51. The molecule has 1 aromatic heterocycles. The number of morpholine rings is 1. The zero-order valence-electron chi connectivity index (χ0n) is 15.5. The van der Waals surface area contributed by atoms with E-state index in [9.17, 15) is 9.59 Å². The Morgan fingerprint density at radius 2 is 2.00 bits per heavy atom. The van der Waals surface area contributed by atoms with E-state index in [0.29, 0.717) is 60.7 Å². The first-order valence-electron chi connectivity index (χ1n) is 8.80. The Balaban J connectivity index is 2.13. The summed E-state index contributed by atoms with van der Waals surface area (Å²) < 4.78 is 11.6. The lowest BCUT2D eigenvalue weighted by molar-refractivity contribution is 0.0963. The van der Waals surface area contributed by atoms with E-state index in [1.165, 1.54) is 0 Å². The highest BCUT2D eigenvalue weighted by atomic mass is 16.5. The normalized spacial score (nSPS) is 14.8. The maximum Gasteiger partial charge on any atom is 0.251 e. The predicted molar refractivity (Wildman–Crippen MR) is 101 cm³/mol. The van der Waals surface area contributed by atoms with Crippen LogP contribution in [0.1, 0.15) is 15.9 Å². The van der Waals surface area contributed by atoms with Crippen molar-refractivity contribution in [3.8, 4) is 0 Å². The van der Waals surface area contributed by atoms with E-state index in [1.807, 2.05) is 19.0 Å². The molecule has 7 nitrogen and oxygen atoms in total. The molecule has 0 spiro atoms. The highest BCUT2D eigenvalue weighted by Gasteiger charge is 2.22. The molecule has 7 heteroatoms. The Morgan fingerprint density at radius 3 is 2.65 bits per heavy atom. The Morgan fingerprint density at radius 1 is 1.27 bits per heavy atom. The number of anilines is 1. The fraction of sp³-hybridized carbons (Fsp3) is 0.474. The van der Waals surface area contributed by atoms with Crippen LogP contribution in [-0.4, -0.2) is 64.8 Å². The summed E-state index contributed by atoms with van der Waals surface area (Å²) in [5.74, 6) is 0.402. The molecule has 0 bridgehead atoms. The maximum atomic E-state index is 13.2. The Kier molecular flexibility index (Phi) is 5.58. The monoisotopic (exact) mass is 359 g/mol. The van der Waals surface area contributed by atoms with Crippen LogP contribution in [0.25, 0.3) is 11.0 Å². The zero-order valence-corrected chi connectivity index (χ0v) is 15.5. The lowest BCUT2D eigenvalue weighted by Crippen LogP contribution is -2.38. The van der Waals surface area contributed by atoms with E-state index in [1.54, 1.807) is 25.2 Å². The highest BCUT2D eigenvalue weighted by molar-refractivity contribution is 5.97. The average molecular weight is 359 g/mol. The SMILES string of the molecule is CNC(=O)c1ccc2oc(N3CCOCC3)c(CCN(C)C)c(=O)c2c1. The van der Waals surface area contributed by atoms with Gasteiger partial charge in [0.25, 0.3) is 5.91 Å².